The highest BCUT2D eigenvalue weighted by molar-refractivity contribution is 5.99. The van der Waals surface area contributed by atoms with Gasteiger partial charge in [0.05, 0.1) is 7.11 Å². The van der Waals surface area contributed by atoms with E-state index in [1.807, 2.05) is 0 Å². The Labute approximate surface area is 101 Å². The fraction of sp³-hybridized carbons (Fsp3) is 0.462. The largest absolute Gasteiger partial charge is 0.497 e. The van der Waals surface area contributed by atoms with Crippen molar-refractivity contribution in [2.75, 3.05) is 27.9 Å². The number of rotatable bonds is 7. The van der Waals surface area contributed by atoms with Gasteiger partial charge in [-0.05, 0) is 12.1 Å². The molecule has 0 bridgehead atoms. The Balaban J connectivity index is 2.78. The first-order valence-electron chi connectivity index (χ1n) is 5.43. The molecule has 17 heavy (non-hydrogen) atoms. The Morgan fingerprint density at radius 2 is 2.06 bits per heavy atom. The van der Waals surface area contributed by atoms with Gasteiger partial charge in [0.25, 0.3) is 0 Å². The molecule has 0 fully saturated rings. The van der Waals surface area contributed by atoms with Gasteiger partial charge >= 0.3 is 0 Å². The van der Waals surface area contributed by atoms with Crippen molar-refractivity contribution in [1.29, 1.82) is 0 Å². The number of ether oxygens (including phenoxy) is 3. The van der Waals surface area contributed by atoms with Crippen LogP contribution < -0.4 is 4.74 Å². The predicted octanol–water partition coefficient (Wildman–Crippen LogP) is 1.93. The second kappa shape index (κ2) is 7.04. The predicted molar refractivity (Wildman–Crippen MR) is 64.6 cm³/mol. The van der Waals surface area contributed by atoms with Crippen LogP contribution >= 0.6 is 0 Å². The van der Waals surface area contributed by atoms with Crippen molar-refractivity contribution in [2.45, 2.75) is 12.5 Å². The van der Waals surface area contributed by atoms with E-state index < -0.39 is 6.10 Å². The molecular formula is C13H18O4. The smallest absolute Gasteiger partial charge is 0.191 e. The molecule has 0 aliphatic heterocycles. The van der Waals surface area contributed by atoms with Gasteiger partial charge in [0.1, 0.15) is 11.9 Å². The van der Waals surface area contributed by atoms with Gasteiger partial charge in [0.2, 0.25) is 0 Å². The third-order valence-electron chi connectivity index (χ3n) is 2.52. The van der Waals surface area contributed by atoms with E-state index in [1.165, 1.54) is 7.11 Å². The van der Waals surface area contributed by atoms with Crippen molar-refractivity contribution >= 4 is 5.78 Å². The van der Waals surface area contributed by atoms with E-state index in [0.29, 0.717) is 24.3 Å². The van der Waals surface area contributed by atoms with Crippen LogP contribution in [0.1, 0.15) is 16.8 Å². The molecule has 4 heteroatoms. The zero-order valence-corrected chi connectivity index (χ0v) is 10.4. The van der Waals surface area contributed by atoms with Crippen molar-refractivity contribution in [1.82, 2.24) is 0 Å². The van der Waals surface area contributed by atoms with Crippen LogP contribution in [0.5, 0.6) is 5.75 Å². The molecular weight excluding hydrogens is 220 g/mol. The van der Waals surface area contributed by atoms with Crippen molar-refractivity contribution in [3.05, 3.63) is 29.8 Å². The molecule has 1 aromatic rings. The van der Waals surface area contributed by atoms with Gasteiger partial charge in [-0.2, -0.15) is 0 Å². The zero-order chi connectivity index (χ0) is 12.7. The number of carbonyl (C=O) groups excluding carboxylic acids is 1. The molecule has 0 amide bonds. The van der Waals surface area contributed by atoms with E-state index in [-0.39, 0.29) is 5.78 Å². The van der Waals surface area contributed by atoms with Gasteiger partial charge in [-0.3, -0.25) is 4.79 Å². The third kappa shape index (κ3) is 3.84. The van der Waals surface area contributed by atoms with Crippen LogP contribution in [0.2, 0.25) is 0 Å². The summed E-state index contributed by atoms with van der Waals surface area (Å²) in [6.07, 6.45) is 0.0744. The minimum Gasteiger partial charge on any atom is -0.497 e. The molecule has 1 rings (SSSR count). The maximum atomic E-state index is 12.1. The molecule has 0 radical (unpaired) electrons. The summed E-state index contributed by atoms with van der Waals surface area (Å²) in [7, 11) is 4.70. The van der Waals surface area contributed by atoms with Crippen LogP contribution in [-0.4, -0.2) is 39.8 Å². The molecule has 0 heterocycles. The summed E-state index contributed by atoms with van der Waals surface area (Å²) in [6, 6.07) is 7.05. The minimum absolute atomic E-state index is 0.0524. The maximum absolute atomic E-state index is 12.1. The molecule has 94 valence electrons. The average molecular weight is 238 g/mol. The second-order valence-electron chi connectivity index (χ2n) is 3.60. The van der Waals surface area contributed by atoms with Gasteiger partial charge in [-0.1, -0.05) is 12.1 Å². The van der Waals surface area contributed by atoms with Gasteiger partial charge in [-0.15, -0.1) is 0 Å². The van der Waals surface area contributed by atoms with Crippen molar-refractivity contribution < 1.29 is 19.0 Å². The van der Waals surface area contributed by atoms with Gasteiger partial charge < -0.3 is 14.2 Å². The molecule has 1 aromatic carbocycles. The van der Waals surface area contributed by atoms with Crippen LogP contribution in [0.15, 0.2) is 24.3 Å². The summed E-state index contributed by atoms with van der Waals surface area (Å²) in [5.41, 5.74) is 0.590. The standard InChI is InChI=1S/C13H18O4/c1-15-8-7-12(17-3)13(14)10-5-4-6-11(9-10)16-2/h4-6,9,12H,7-8H2,1-3H3. The topological polar surface area (TPSA) is 44.8 Å². The number of benzene rings is 1. The van der Waals surface area contributed by atoms with Crippen LogP contribution in [0, 0.1) is 0 Å². The van der Waals surface area contributed by atoms with E-state index in [1.54, 1.807) is 38.5 Å². The van der Waals surface area contributed by atoms with Crippen molar-refractivity contribution in [3.63, 3.8) is 0 Å². The molecule has 0 N–H and O–H groups in total. The molecule has 0 aromatic heterocycles. The third-order valence-corrected chi connectivity index (χ3v) is 2.52. The fourth-order valence-electron chi connectivity index (χ4n) is 1.54. The Hall–Kier alpha value is -1.39. The molecule has 0 spiro atoms. The first kappa shape index (κ1) is 13.7. The van der Waals surface area contributed by atoms with E-state index in [9.17, 15) is 4.79 Å². The van der Waals surface area contributed by atoms with Gasteiger partial charge in [0, 0.05) is 32.8 Å². The van der Waals surface area contributed by atoms with E-state index in [4.69, 9.17) is 14.2 Å². The van der Waals surface area contributed by atoms with Crippen LogP contribution in [0.4, 0.5) is 0 Å². The molecule has 0 aliphatic rings. The first-order valence-corrected chi connectivity index (χ1v) is 5.43. The lowest BCUT2D eigenvalue weighted by atomic mass is 10.0. The van der Waals surface area contributed by atoms with E-state index in [2.05, 4.69) is 0 Å². The quantitative estimate of drug-likeness (QED) is 0.681. The summed E-state index contributed by atoms with van der Waals surface area (Å²) >= 11 is 0. The zero-order valence-electron chi connectivity index (χ0n) is 10.4. The lowest BCUT2D eigenvalue weighted by Crippen LogP contribution is -2.24. The summed E-state index contributed by atoms with van der Waals surface area (Å²) in [5.74, 6) is 0.612. The average Bonchev–Trinajstić information content (AvgIpc) is 2.39. The van der Waals surface area contributed by atoms with Gasteiger partial charge in [0.15, 0.2) is 5.78 Å². The van der Waals surface area contributed by atoms with Crippen LogP contribution in [0.3, 0.4) is 0 Å². The number of Topliss-reactive ketones (excluding diaryl/α,β-unsaturated/α-hetero) is 1. The molecule has 1 atom stereocenters. The second-order valence-corrected chi connectivity index (χ2v) is 3.60. The van der Waals surface area contributed by atoms with E-state index in [0.717, 1.165) is 0 Å². The fourth-order valence-corrected chi connectivity index (χ4v) is 1.54. The summed E-state index contributed by atoms with van der Waals surface area (Å²) in [5, 5.41) is 0. The normalized spacial score (nSPS) is 12.2. The lowest BCUT2D eigenvalue weighted by molar-refractivity contribution is 0.0480. The molecule has 4 nitrogen and oxygen atoms in total. The van der Waals surface area contributed by atoms with Crippen LogP contribution in [-0.2, 0) is 9.47 Å². The molecule has 0 aliphatic carbocycles. The Morgan fingerprint density at radius 3 is 2.65 bits per heavy atom. The Bertz CT molecular complexity index is 362. The number of methoxy groups -OCH3 is 3. The van der Waals surface area contributed by atoms with E-state index >= 15 is 0 Å². The monoisotopic (exact) mass is 238 g/mol. The minimum atomic E-state index is -0.470. The maximum Gasteiger partial charge on any atom is 0.191 e. The highest BCUT2D eigenvalue weighted by Crippen LogP contribution is 2.16. The highest BCUT2D eigenvalue weighted by atomic mass is 16.5. The number of hydrogen-bond acceptors (Lipinski definition) is 4. The number of ketones is 1. The van der Waals surface area contributed by atoms with Crippen molar-refractivity contribution in [3.8, 4) is 5.75 Å². The Kier molecular flexibility index (Phi) is 5.66. The molecule has 1 unspecified atom stereocenters. The summed E-state index contributed by atoms with van der Waals surface area (Å²) in [6.45, 7) is 0.494. The first-order chi connectivity index (χ1) is 8.22. The summed E-state index contributed by atoms with van der Waals surface area (Å²) < 4.78 is 15.2. The number of hydrogen-bond donors (Lipinski definition) is 0. The van der Waals surface area contributed by atoms with Crippen LogP contribution in [0.25, 0.3) is 0 Å². The lowest BCUT2D eigenvalue weighted by Gasteiger charge is -2.14. The Morgan fingerprint density at radius 1 is 1.29 bits per heavy atom. The molecule has 0 saturated carbocycles. The molecule has 0 saturated heterocycles. The summed E-state index contributed by atoms with van der Waals surface area (Å²) in [4.78, 5) is 12.1. The van der Waals surface area contributed by atoms with Crippen molar-refractivity contribution in [2.24, 2.45) is 0 Å². The number of carbonyl (C=O) groups is 1. The SMILES string of the molecule is COCCC(OC)C(=O)c1cccc(OC)c1. The van der Waals surface area contributed by atoms with Gasteiger partial charge in [-0.25, -0.2) is 0 Å². The highest BCUT2D eigenvalue weighted by Gasteiger charge is 2.19.